The van der Waals surface area contributed by atoms with Crippen LogP contribution in [0.5, 0.6) is 0 Å². The molecule has 1 aromatic rings. The van der Waals surface area contributed by atoms with Gasteiger partial charge in [0.2, 0.25) is 11.8 Å². The second kappa shape index (κ2) is 7.42. The normalized spacial score (nSPS) is 35.4. The summed E-state index contributed by atoms with van der Waals surface area (Å²) in [6.45, 7) is 0.920. The van der Waals surface area contributed by atoms with Crippen molar-refractivity contribution in [2.45, 2.75) is 62.3 Å². The minimum atomic E-state index is -0.932. The molecule has 168 valence electrons. The maximum Gasteiger partial charge on any atom is 0.263 e. The first-order valence-electron chi connectivity index (χ1n) is 11.7. The van der Waals surface area contributed by atoms with Crippen molar-refractivity contribution in [1.82, 2.24) is 14.9 Å². The van der Waals surface area contributed by atoms with E-state index in [1.807, 2.05) is 6.07 Å². The summed E-state index contributed by atoms with van der Waals surface area (Å²) in [6.07, 6.45) is 8.43. The first kappa shape index (κ1) is 20.4. The number of fused-ring (bicyclic) bond motifs is 1. The summed E-state index contributed by atoms with van der Waals surface area (Å²) in [7, 11) is 0. The molecule has 2 N–H and O–H groups in total. The average Bonchev–Trinajstić information content (AvgIpc) is 2.98. The van der Waals surface area contributed by atoms with E-state index in [4.69, 9.17) is 0 Å². The number of hydrogen-bond donors (Lipinski definition) is 2. The lowest BCUT2D eigenvalue weighted by molar-refractivity contribution is -0.136. The molecule has 7 nitrogen and oxygen atoms in total. The van der Waals surface area contributed by atoms with Crippen LogP contribution in [0.15, 0.2) is 23.1 Å². The van der Waals surface area contributed by atoms with E-state index in [1.54, 1.807) is 12.1 Å². The first-order chi connectivity index (χ1) is 15.4. The molecule has 0 radical (unpaired) electrons. The fourth-order valence-electron chi connectivity index (χ4n) is 7.34. The van der Waals surface area contributed by atoms with Gasteiger partial charge in [-0.25, -0.2) is 0 Å². The largest absolute Gasteiger partial charge is 0.295 e. The molecule has 7 rings (SSSR count). The van der Waals surface area contributed by atoms with Crippen LogP contribution in [0.25, 0.3) is 0 Å². The molecule has 4 aliphatic carbocycles. The lowest BCUT2D eigenvalue weighted by atomic mass is 9.50. The lowest BCUT2D eigenvalue weighted by Crippen LogP contribution is -2.54. The molecule has 0 spiro atoms. The van der Waals surface area contributed by atoms with Crippen LogP contribution in [0.3, 0.4) is 0 Å². The molecule has 1 unspecified atom stereocenters. The number of benzene rings is 1. The summed E-state index contributed by atoms with van der Waals surface area (Å²) < 4.78 is 3.54. The molecule has 2 aliphatic heterocycles. The monoisotopic (exact) mass is 453 g/mol. The highest BCUT2D eigenvalue weighted by Gasteiger charge is 2.51. The van der Waals surface area contributed by atoms with Crippen molar-refractivity contribution in [2.24, 2.45) is 23.2 Å². The number of hydrogen-bond acceptors (Lipinski definition) is 6. The van der Waals surface area contributed by atoms with Crippen molar-refractivity contribution < 1.29 is 19.2 Å². The van der Waals surface area contributed by atoms with Crippen LogP contribution in [0.1, 0.15) is 72.1 Å². The van der Waals surface area contributed by atoms with E-state index in [2.05, 4.69) is 10.0 Å². The Balaban J connectivity index is 1.18. The summed E-state index contributed by atoms with van der Waals surface area (Å²) in [4.78, 5) is 51.8. The molecule has 1 atom stereocenters. The molecule has 4 bridgehead atoms. The summed E-state index contributed by atoms with van der Waals surface area (Å²) in [5.41, 5.74) is 1.07. The van der Waals surface area contributed by atoms with Gasteiger partial charge in [-0.3, -0.25) is 34.1 Å². The van der Waals surface area contributed by atoms with Crippen molar-refractivity contribution >= 4 is 35.6 Å². The maximum atomic E-state index is 13.2. The minimum Gasteiger partial charge on any atom is -0.295 e. The Morgan fingerprint density at radius 2 is 1.69 bits per heavy atom. The van der Waals surface area contributed by atoms with E-state index in [-0.39, 0.29) is 18.7 Å². The Morgan fingerprint density at radius 1 is 1.00 bits per heavy atom. The SMILES string of the molecule is O=C1CCC(N2C(=O)c3cccc(SNCC45CC6CC(CC(C6)C4)C5)c3C2=O)C(=O)N1. The zero-order valence-electron chi connectivity index (χ0n) is 17.9. The quantitative estimate of drug-likeness (QED) is 0.526. The molecule has 4 saturated carbocycles. The van der Waals surface area contributed by atoms with E-state index >= 15 is 0 Å². The number of carbonyl (C=O) groups excluding carboxylic acids is 4. The third-order valence-corrected chi connectivity index (χ3v) is 9.07. The van der Waals surface area contributed by atoms with Crippen molar-refractivity contribution in [2.75, 3.05) is 6.54 Å². The Hall–Kier alpha value is -2.19. The number of piperidine rings is 1. The van der Waals surface area contributed by atoms with Crippen molar-refractivity contribution in [3.63, 3.8) is 0 Å². The third-order valence-electron chi connectivity index (χ3n) is 8.22. The third kappa shape index (κ3) is 3.22. The number of imide groups is 2. The van der Waals surface area contributed by atoms with E-state index < -0.39 is 23.8 Å². The predicted octanol–water partition coefficient (Wildman–Crippen LogP) is 2.90. The molecular formula is C24H27N3O4S. The van der Waals surface area contributed by atoms with Gasteiger partial charge in [0.1, 0.15) is 6.04 Å². The zero-order chi connectivity index (χ0) is 22.0. The fourth-order valence-corrected chi connectivity index (χ4v) is 8.32. The van der Waals surface area contributed by atoms with E-state index in [0.29, 0.717) is 16.5 Å². The van der Waals surface area contributed by atoms with Gasteiger partial charge in [0.05, 0.1) is 11.1 Å². The van der Waals surface area contributed by atoms with Gasteiger partial charge in [-0.2, -0.15) is 0 Å². The molecule has 0 aromatic heterocycles. The summed E-state index contributed by atoms with van der Waals surface area (Å²) in [5.74, 6) is 0.807. The lowest BCUT2D eigenvalue weighted by Gasteiger charge is -2.57. The highest BCUT2D eigenvalue weighted by Crippen LogP contribution is 2.59. The van der Waals surface area contributed by atoms with Crippen LogP contribution in [0.4, 0.5) is 0 Å². The minimum absolute atomic E-state index is 0.123. The Labute approximate surface area is 191 Å². The van der Waals surface area contributed by atoms with Gasteiger partial charge >= 0.3 is 0 Å². The Morgan fingerprint density at radius 3 is 2.34 bits per heavy atom. The second-order valence-electron chi connectivity index (χ2n) is 10.5. The summed E-state index contributed by atoms with van der Waals surface area (Å²) >= 11 is 1.43. The van der Waals surface area contributed by atoms with Crippen LogP contribution >= 0.6 is 11.9 Å². The van der Waals surface area contributed by atoms with Crippen LogP contribution in [-0.2, 0) is 9.59 Å². The second-order valence-corrected chi connectivity index (χ2v) is 11.4. The molecule has 8 heteroatoms. The summed E-state index contributed by atoms with van der Waals surface area (Å²) in [6, 6.07) is 4.35. The zero-order valence-corrected chi connectivity index (χ0v) is 18.7. The molecule has 2 heterocycles. The molecule has 1 saturated heterocycles. The first-order valence-corrected chi connectivity index (χ1v) is 12.5. The van der Waals surface area contributed by atoms with Gasteiger partial charge in [0.15, 0.2) is 0 Å². The van der Waals surface area contributed by atoms with Gasteiger partial charge in [-0.15, -0.1) is 0 Å². The molecule has 4 amide bonds. The summed E-state index contributed by atoms with van der Waals surface area (Å²) in [5, 5.41) is 2.24. The number of rotatable bonds is 5. The van der Waals surface area contributed by atoms with Gasteiger partial charge in [0, 0.05) is 17.9 Å². The Bertz CT molecular complexity index is 1000. The number of nitrogens with zero attached hydrogens (tertiary/aromatic N) is 1. The topological polar surface area (TPSA) is 95.6 Å². The van der Waals surface area contributed by atoms with Gasteiger partial charge in [-0.05, 0) is 92.2 Å². The smallest absolute Gasteiger partial charge is 0.263 e. The molecule has 1 aromatic carbocycles. The van der Waals surface area contributed by atoms with Gasteiger partial charge in [-0.1, -0.05) is 6.07 Å². The van der Waals surface area contributed by atoms with Crippen LogP contribution in [0, 0.1) is 23.2 Å². The van der Waals surface area contributed by atoms with Gasteiger partial charge < -0.3 is 0 Å². The average molecular weight is 454 g/mol. The molecular weight excluding hydrogens is 426 g/mol. The van der Waals surface area contributed by atoms with Crippen molar-refractivity contribution in [1.29, 1.82) is 0 Å². The number of amides is 4. The Kier molecular flexibility index (Phi) is 4.73. The molecule has 5 fully saturated rings. The highest BCUT2D eigenvalue weighted by molar-refractivity contribution is 7.97. The van der Waals surface area contributed by atoms with E-state index in [1.165, 1.54) is 50.5 Å². The molecule has 32 heavy (non-hydrogen) atoms. The number of nitrogens with one attached hydrogen (secondary N) is 2. The van der Waals surface area contributed by atoms with Gasteiger partial charge in [0.25, 0.3) is 11.8 Å². The maximum absolute atomic E-state index is 13.2. The standard InChI is InChI=1S/C24H27N3O4S/c28-19-5-4-17(21(29)26-19)27-22(30)16-2-1-3-18(20(16)23(27)31)32-25-12-24-9-13-6-14(10-24)8-15(7-13)11-24/h1-3,13-15,17,25H,4-12H2,(H,26,28,29). The van der Waals surface area contributed by atoms with Crippen molar-refractivity contribution in [3.8, 4) is 0 Å². The van der Waals surface area contributed by atoms with E-state index in [9.17, 15) is 19.2 Å². The number of carbonyl (C=O) groups is 4. The van der Waals surface area contributed by atoms with Crippen LogP contribution in [-0.4, -0.2) is 41.1 Å². The fraction of sp³-hybridized carbons (Fsp3) is 0.583. The predicted molar refractivity (Wildman–Crippen MR) is 118 cm³/mol. The van der Waals surface area contributed by atoms with Crippen LogP contribution < -0.4 is 10.0 Å². The highest BCUT2D eigenvalue weighted by atomic mass is 32.2. The van der Waals surface area contributed by atoms with Crippen LogP contribution in [0.2, 0.25) is 0 Å². The van der Waals surface area contributed by atoms with Crippen molar-refractivity contribution in [3.05, 3.63) is 29.3 Å². The molecule has 6 aliphatic rings. The van der Waals surface area contributed by atoms with E-state index in [0.717, 1.165) is 34.1 Å².